The summed E-state index contributed by atoms with van der Waals surface area (Å²) in [5, 5.41) is 6.83. The molecule has 0 radical (unpaired) electrons. The van der Waals surface area contributed by atoms with E-state index in [2.05, 4.69) is 181 Å². The lowest BCUT2D eigenvalue weighted by atomic mass is 10.0. The van der Waals surface area contributed by atoms with E-state index in [1.165, 1.54) is 45.9 Å². The number of aromatic nitrogens is 5. The van der Waals surface area contributed by atoms with Gasteiger partial charge in [-0.25, -0.2) is 4.98 Å². The van der Waals surface area contributed by atoms with E-state index in [1.807, 2.05) is 18.2 Å². The minimum Gasteiger partial charge on any atom is -0.455 e. The second kappa shape index (κ2) is 16.1. The SMILES string of the molecule is CCCCc1ccc(-c2cccc(-n3c4ccccc4c4cc5c6ccccc6n(-c6nc(-c7ccccc7)nc(-c7cccc8c7oc7ccc(CCCC)cc78)n6)c5cc43)c2)cc1. The van der Waals surface area contributed by atoms with E-state index >= 15 is 0 Å². The van der Waals surface area contributed by atoms with Gasteiger partial charge in [0.1, 0.15) is 11.2 Å². The molecular weight excluding hydrogens is 795 g/mol. The fourth-order valence-corrected chi connectivity index (χ4v) is 9.85. The second-order valence-corrected chi connectivity index (χ2v) is 17.3. The molecule has 0 saturated heterocycles. The average molecular weight is 842 g/mol. The van der Waals surface area contributed by atoms with Crippen molar-refractivity contribution < 1.29 is 4.42 Å². The Kier molecular flexibility index (Phi) is 9.59. The molecule has 12 rings (SSSR count). The first-order valence-corrected chi connectivity index (χ1v) is 23.1. The molecule has 0 aliphatic carbocycles. The van der Waals surface area contributed by atoms with Crippen LogP contribution in [0.5, 0.6) is 0 Å². The molecule has 0 fully saturated rings. The summed E-state index contributed by atoms with van der Waals surface area (Å²) in [6.45, 7) is 4.48. The van der Waals surface area contributed by atoms with Crippen LogP contribution < -0.4 is 0 Å². The van der Waals surface area contributed by atoms with Gasteiger partial charge in [0.25, 0.3) is 0 Å². The van der Waals surface area contributed by atoms with Gasteiger partial charge in [-0.3, -0.25) is 4.57 Å². The van der Waals surface area contributed by atoms with Crippen molar-refractivity contribution in [2.75, 3.05) is 0 Å². The highest BCUT2D eigenvalue weighted by molar-refractivity contribution is 6.19. The molecule has 4 aromatic heterocycles. The summed E-state index contributed by atoms with van der Waals surface area (Å²) in [5.74, 6) is 1.69. The fraction of sp³-hybridized carbons (Fsp3) is 0.136. The Balaban J connectivity index is 1.08. The number of hydrogen-bond donors (Lipinski definition) is 0. The molecule has 0 atom stereocenters. The van der Waals surface area contributed by atoms with Gasteiger partial charge in [0.15, 0.2) is 11.6 Å². The average Bonchev–Trinajstić information content (AvgIpc) is 4.01. The lowest BCUT2D eigenvalue weighted by Gasteiger charge is -2.12. The van der Waals surface area contributed by atoms with Crippen LogP contribution in [0, 0.1) is 0 Å². The zero-order valence-electron chi connectivity index (χ0n) is 36.6. The van der Waals surface area contributed by atoms with Crippen LogP contribution in [-0.2, 0) is 12.8 Å². The number of fused-ring (bicyclic) bond motifs is 9. The number of aryl methyl sites for hydroxylation is 2. The van der Waals surface area contributed by atoms with E-state index in [-0.39, 0.29) is 0 Å². The molecule has 0 spiro atoms. The highest BCUT2D eigenvalue weighted by atomic mass is 16.3. The first kappa shape index (κ1) is 38.8. The van der Waals surface area contributed by atoms with Gasteiger partial charge in [-0.05, 0) is 103 Å². The zero-order valence-corrected chi connectivity index (χ0v) is 36.6. The lowest BCUT2D eigenvalue weighted by molar-refractivity contribution is 0.669. The Labute approximate surface area is 377 Å². The Morgan fingerprint density at radius 1 is 0.415 bits per heavy atom. The summed E-state index contributed by atoms with van der Waals surface area (Å²) in [6, 6.07) is 63.2. The van der Waals surface area contributed by atoms with Crippen LogP contribution in [0.15, 0.2) is 180 Å². The molecule has 12 aromatic rings. The van der Waals surface area contributed by atoms with Crippen LogP contribution in [0.4, 0.5) is 0 Å². The van der Waals surface area contributed by atoms with Crippen molar-refractivity contribution in [2.24, 2.45) is 0 Å². The highest BCUT2D eigenvalue weighted by Gasteiger charge is 2.23. The van der Waals surface area contributed by atoms with Gasteiger partial charge in [-0.1, -0.05) is 148 Å². The number of unbranched alkanes of at least 4 members (excludes halogenated alkanes) is 2. The van der Waals surface area contributed by atoms with E-state index in [4.69, 9.17) is 19.4 Å². The smallest absolute Gasteiger partial charge is 0.238 e. The molecule has 65 heavy (non-hydrogen) atoms. The number of rotatable bonds is 11. The van der Waals surface area contributed by atoms with Crippen molar-refractivity contribution in [2.45, 2.75) is 52.4 Å². The topological polar surface area (TPSA) is 61.7 Å². The van der Waals surface area contributed by atoms with Crippen LogP contribution >= 0.6 is 0 Å². The summed E-state index contributed by atoms with van der Waals surface area (Å²) < 4.78 is 11.3. The second-order valence-electron chi connectivity index (χ2n) is 17.3. The third kappa shape index (κ3) is 6.67. The van der Waals surface area contributed by atoms with E-state index in [1.54, 1.807) is 0 Å². The Bertz CT molecular complexity index is 3740. The van der Waals surface area contributed by atoms with Crippen molar-refractivity contribution >= 4 is 65.6 Å². The molecule has 6 heteroatoms. The van der Waals surface area contributed by atoms with Crippen LogP contribution in [-0.4, -0.2) is 24.1 Å². The molecule has 314 valence electrons. The van der Waals surface area contributed by atoms with E-state index < -0.39 is 0 Å². The van der Waals surface area contributed by atoms with E-state index in [0.717, 1.165) is 97.3 Å². The number of nitrogens with zero attached hydrogens (tertiary/aromatic N) is 5. The molecule has 0 unspecified atom stereocenters. The van der Waals surface area contributed by atoms with Gasteiger partial charge in [-0.15, -0.1) is 0 Å². The third-order valence-electron chi connectivity index (χ3n) is 13.2. The maximum Gasteiger partial charge on any atom is 0.238 e. The molecule has 0 aliphatic rings. The van der Waals surface area contributed by atoms with Crippen LogP contribution in [0.3, 0.4) is 0 Å². The van der Waals surface area contributed by atoms with E-state index in [9.17, 15) is 0 Å². The first-order valence-electron chi connectivity index (χ1n) is 23.1. The predicted octanol–water partition coefficient (Wildman–Crippen LogP) is 15.7. The van der Waals surface area contributed by atoms with Gasteiger partial charge in [0.05, 0.1) is 27.6 Å². The molecule has 4 heterocycles. The van der Waals surface area contributed by atoms with Crippen molar-refractivity contribution in [3.05, 3.63) is 187 Å². The number of benzene rings is 8. The first-order chi connectivity index (χ1) is 32.1. The van der Waals surface area contributed by atoms with Gasteiger partial charge in [-0.2, -0.15) is 9.97 Å². The maximum atomic E-state index is 6.69. The molecular formula is C59H47N5O. The molecule has 6 nitrogen and oxygen atoms in total. The van der Waals surface area contributed by atoms with Crippen molar-refractivity contribution in [3.8, 4) is 45.5 Å². The summed E-state index contributed by atoms with van der Waals surface area (Å²) in [5.41, 5.74) is 13.9. The van der Waals surface area contributed by atoms with Gasteiger partial charge in [0.2, 0.25) is 5.95 Å². The van der Waals surface area contributed by atoms with Gasteiger partial charge >= 0.3 is 0 Å². The van der Waals surface area contributed by atoms with Crippen molar-refractivity contribution in [1.29, 1.82) is 0 Å². The molecule has 0 amide bonds. The standard InChI is InChI=1S/C59H47N5O/c1-3-5-16-38-28-31-40(32-29-38)42-20-14-21-43(35-42)63-51-26-12-10-22-44(51)48-36-49-45-23-11-13-27-52(45)64(54(49)37-53(48)63)59-61-57(41-18-8-7-9-19-41)60-58(62-59)47-25-15-24-46-50-34-39(17-6-4-2)30-33-55(50)65-56(46)47/h7-15,18-37H,3-6,16-17H2,1-2H3. The fourth-order valence-electron chi connectivity index (χ4n) is 9.85. The monoisotopic (exact) mass is 841 g/mol. The van der Waals surface area contributed by atoms with E-state index in [0.29, 0.717) is 17.6 Å². The lowest BCUT2D eigenvalue weighted by Crippen LogP contribution is -2.06. The molecule has 0 saturated carbocycles. The number of furan rings is 1. The molecule has 0 aliphatic heterocycles. The Hall–Kier alpha value is -7.83. The minimum absolute atomic E-state index is 0.543. The summed E-state index contributed by atoms with van der Waals surface area (Å²) in [4.78, 5) is 15.9. The normalized spacial score (nSPS) is 11.9. The van der Waals surface area contributed by atoms with Crippen LogP contribution in [0.1, 0.15) is 50.7 Å². The van der Waals surface area contributed by atoms with Crippen molar-refractivity contribution in [3.63, 3.8) is 0 Å². The zero-order chi connectivity index (χ0) is 43.4. The quantitative estimate of drug-likeness (QED) is 0.130. The number of para-hydroxylation sites is 3. The Morgan fingerprint density at radius 3 is 1.82 bits per heavy atom. The molecule has 0 N–H and O–H groups in total. The minimum atomic E-state index is 0.543. The van der Waals surface area contributed by atoms with Gasteiger partial charge < -0.3 is 8.98 Å². The van der Waals surface area contributed by atoms with Gasteiger partial charge in [0, 0.05) is 43.6 Å². The summed E-state index contributed by atoms with van der Waals surface area (Å²) in [7, 11) is 0. The molecule has 0 bridgehead atoms. The molecule has 8 aromatic carbocycles. The Morgan fingerprint density at radius 2 is 1.05 bits per heavy atom. The van der Waals surface area contributed by atoms with Crippen LogP contribution in [0.25, 0.3) is 111 Å². The van der Waals surface area contributed by atoms with Crippen LogP contribution in [0.2, 0.25) is 0 Å². The number of hydrogen-bond acceptors (Lipinski definition) is 4. The third-order valence-corrected chi connectivity index (χ3v) is 13.2. The highest BCUT2D eigenvalue weighted by Crippen LogP contribution is 2.41. The predicted molar refractivity (Wildman–Crippen MR) is 269 cm³/mol. The summed E-state index contributed by atoms with van der Waals surface area (Å²) in [6.07, 6.45) is 6.86. The summed E-state index contributed by atoms with van der Waals surface area (Å²) >= 11 is 0. The largest absolute Gasteiger partial charge is 0.455 e. The van der Waals surface area contributed by atoms with Crippen molar-refractivity contribution in [1.82, 2.24) is 24.1 Å². The maximum absolute atomic E-state index is 6.69.